The molecular weight excluding hydrogens is 803 g/mol. The van der Waals surface area contributed by atoms with Crippen LogP contribution in [0.2, 0.25) is 0 Å². The summed E-state index contributed by atoms with van der Waals surface area (Å²) >= 11 is 0. The molecule has 1 fully saturated rings. The summed E-state index contributed by atoms with van der Waals surface area (Å²) in [4.78, 5) is 35.7. The van der Waals surface area contributed by atoms with Crippen molar-refractivity contribution in [2.45, 2.75) is 236 Å². The predicted octanol–water partition coefficient (Wildman–Crippen LogP) is 9.39. The van der Waals surface area contributed by atoms with E-state index in [1.54, 1.807) is 0 Å². The van der Waals surface area contributed by atoms with E-state index in [9.17, 15) is 44.6 Å². The monoisotopic (exact) mass is 889 g/mol. The second-order valence-electron chi connectivity index (χ2n) is 16.6. The average molecular weight is 889 g/mol. The van der Waals surface area contributed by atoms with Gasteiger partial charge in [-0.15, -0.1) is 0 Å². The molecule has 0 spiro atoms. The lowest BCUT2D eigenvalue weighted by molar-refractivity contribution is -0.220. The van der Waals surface area contributed by atoms with Gasteiger partial charge < -0.3 is 39.9 Å². The van der Waals surface area contributed by atoms with Gasteiger partial charge in [-0.2, -0.15) is 0 Å². The number of unbranched alkanes of at least 4 members (excludes halogenated alkanes) is 22. The number of carbonyl (C=O) groups is 2. The number of aliphatic hydroxyl groups excluding tert-OH is 5. The molecule has 0 aromatic rings. The fourth-order valence-corrected chi connectivity index (χ4v) is 8.07. The Kier molecular flexibility index (Phi) is 35.0. The lowest BCUT2D eigenvalue weighted by atomic mass is 9.85. The molecule has 0 amide bonds. The predicted molar refractivity (Wildman–Crippen MR) is 240 cm³/mol. The lowest BCUT2D eigenvalue weighted by Crippen LogP contribution is -2.64. The number of hydrogen-bond acceptors (Lipinski definition) is 12. The minimum Gasteiger partial charge on any atom is -0.462 e. The molecule has 0 bridgehead atoms. The zero-order valence-corrected chi connectivity index (χ0v) is 38.6. The van der Waals surface area contributed by atoms with Gasteiger partial charge in [-0.05, 0) is 64.2 Å². The largest absolute Gasteiger partial charge is 0.472 e. The van der Waals surface area contributed by atoms with Crippen molar-refractivity contribution in [3.63, 3.8) is 0 Å². The summed E-state index contributed by atoms with van der Waals surface area (Å²) in [5.41, 5.74) is 0. The maximum Gasteiger partial charge on any atom is 0.472 e. The number of allylic oxidation sites excluding steroid dienone is 6. The minimum atomic E-state index is -5.12. The third kappa shape index (κ3) is 30.0. The van der Waals surface area contributed by atoms with Crippen molar-refractivity contribution < 1.29 is 63.1 Å². The summed E-state index contributed by atoms with van der Waals surface area (Å²) < 4.78 is 33.5. The topological polar surface area (TPSA) is 210 Å². The lowest BCUT2D eigenvalue weighted by Gasteiger charge is -2.41. The first-order chi connectivity index (χ1) is 29.4. The molecule has 1 aliphatic rings. The van der Waals surface area contributed by atoms with E-state index in [1.807, 2.05) is 0 Å². The van der Waals surface area contributed by atoms with Gasteiger partial charge in [0, 0.05) is 12.8 Å². The van der Waals surface area contributed by atoms with Crippen LogP contribution < -0.4 is 0 Å². The highest BCUT2D eigenvalue weighted by atomic mass is 31.2. The quantitative estimate of drug-likeness (QED) is 0.0112. The molecule has 0 heterocycles. The molecule has 0 aromatic carbocycles. The SMILES string of the molecule is CCCCCC/C=C/C=C/CCCCCCCC(=O)OC[C@H](COP(=O)(O)OC1C(O)C(O)C(O)[C@H](O)C1O)OC(=O)CCCCCCCCCCC/C=C/CCCCCC. The van der Waals surface area contributed by atoms with Gasteiger partial charge in [-0.25, -0.2) is 4.57 Å². The molecule has 8 atom stereocenters. The van der Waals surface area contributed by atoms with Crippen LogP contribution in [0.4, 0.5) is 0 Å². The average Bonchev–Trinajstić information content (AvgIpc) is 3.24. The first-order valence-corrected chi connectivity index (χ1v) is 25.3. The molecule has 61 heavy (non-hydrogen) atoms. The Morgan fingerprint density at radius 2 is 0.885 bits per heavy atom. The van der Waals surface area contributed by atoms with Crippen LogP contribution in [0.5, 0.6) is 0 Å². The molecule has 356 valence electrons. The zero-order chi connectivity index (χ0) is 45.0. The molecule has 0 saturated heterocycles. The standard InChI is InChI=1S/C47H85O13P/c1-3-5-7-9-11-13-15-17-19-20-22-24-26-28-30-32-34-36-41(49)59-39(38-58-61(55,56)60-47-45(53)43(51)42(50)44(52)46(47)54)37-57-40(48)35-33-31-29-27-25-23-21-18-16-14-12-10-8-6-4-2/h13-16,18,21,39,42-47,50-54H,3-12,17,19-20,22-38H2,1-2H3,(H,55,56)/b15-13+,16-14+,21-18+/t39-,42?,43+,44?,45?,46?,47?/m1/s1. The molecule has 0 radical (unpaired) electrons. The molecule has 13 nitrogen and oxygen atoms in total. The first kappa shape index (κ1) is 57.1. The van der Waals surface area contributed by atoms with Crippen molar-refractivity contribution in [3.8, 4) is 0 Å². The summed E-state index contributed by atoms with van der Waals surface area (Å²) in [6, 6.07) is 0. The van der Waals surface area contributed by atoms with Crippen molar-refractivity contribution in [1.29, 1.82) is 0 Å². The number of phosphoric ester groups is 1. The Morgan fingerprint density at radius 1 is 0.508 bits per heavy atom. The van der Waals surface area contributed by atoms with Crippen LogP contribution in [0.3, 0.4) is 0 Å². The molecule has 1 saturated carbocycles. The minimum absolute atomic E-state index is 0.0913. The molecule has 6 unspecified atom stereocenters. The second-order valence-corrected chi connectivity index (χ2v) is 18.0. The second kappa shape index (κ2) is 37.4. The number of hydrogen-bond donors (Lipinski definition) is 6. The fraction of sp³-hybridized carbons (Fsp3) is 0.830. The Labute approximate surface area is 368 Å². The van der Waals surface area contributed by atoms with E-state index in [0.717, 1.165) is 70.6 Å². The third-order valence-electron chi connectivity index (χ3n) is 11.0. The van der Waals surface area contributed by atoms with E-state index >= 15 is 0 Å². The molecule has 14 heteroatoms. The van der Waals surface area contributed by atoms with E-state index in [0.29, 0.717) is 12.8 Å². The van der Waals surface area contributed by atoms with Crippen LogP contribution in [0.15, 0.2) is 36.5 Å². The van der Waals surface area contributed by atoms with Gasteiger partial charge in [0.1, 0.15) is 43.2 Å². The molecular formula is C47H85O13P. The number of ether oxygens (including phenoxy) is 2. The molecule has 0 aromatic heterocycles. The highest BCUT2D eigenvalue weighted by molar-refractivity contribution is 7.47. The van der Waals surface area contributed by atoms with Crippen LogP contribution in [0.25, 0.3) is 0 Å². The van der Waals surface area contributed by atoms with Crippen molar-refractivity contribution in [3.05, 3.63) is 36.5 Å². The molecule has 1 rings (SSSR count). The van der Waals surface area contributed by atoms with E-state index in [1.165, 1.54) is 83.5 Å². The van der Waals surface area contributed by atoms with Gasteiger partial charge in [0.05, 0.1) is 6.61 Å². The van der Waals surface area contributed by atoms with Gasteiger partial charge in [0.2, 0.25) is 0 Å². The number of esters is 2. The number of carbonyl (C=O) groups excluding carboxylic acids is 2. The zero-order valence-electron chi connectivity index (χ0n) is 37.7. The van der Waals surface area contributed by atoms with Crippen LogP contribution in [-0.2, 0) is 32.7 Å². The number of aliphatic hydroxyl groups is 5. The van der Waals surface area contributed by atoms with Crippen molar-refractivity contribution in [2.24, 2.45) is 0 Å². The fourth-order valence-electron chi connectivity index (χ4n) is 7.10. The highest BCUT2D eigenvalue weighted by Gasteiger charge is 2.51. The van der Waals surface area contributed by atoms with Crippen LogP contribution in [0.1, 0.15) is 194 Å². The normalized spacial score (nSPS) is 22.3. The molecule has 0 aliphatic heterocycles. The number of phosphoric acid groups is 1. The van der Waals surface area contributed by atoms with E-state index in [2.05, 4.69) is 50.3 Å². The van der Waals surface area contributed by atoms with Crippen molar-refractivity contribution >= 4 is 19.8 Å². The van der Waals surface area contributed by atoms with Gasteiger partial charge in [0.15, 0.2) is 6.10 Å². The number of rotatable bonds is 39. The van der Waals surface area contributed by atoms with Crippen molar-refractivity contribution in [2.75, 3.05) is 13.2 Å². The molecule has 6 N–H and O–H groups in total. The van der Waals surface area contributed by atoms with Crippen LogP contribution in [0, 0.1) is 0 Å². The van der Waals surface area contributed by atoms with Crippen molar-refractivity contribution in [1.82, 2.24) is 0 Å². The molecule has 1 aliphatic carbocycles. The van der Waals surface area contributed by atoms with Gasteiger partial charge in [-0.3, -0.25) is 18.6 Å². The van der Waals surface area contributed by atoms with Gasteiger partial charge >= 0.3 is 19.8 Å². The van der Waals surface area contributed by atoms with E-state index < -0.39 is 75.7 Å². The Hall–Kier alpha value is -1.93. The Balaban J connectivity index is 2.46. The van der Waals surface area contributed by atoms with Gasteiger partial charge in [0.25, 0.3) is 0 Å². The van der Waals surface area contributed by atoms with E-state index in [4.69, 9.17) is 18.5 Å². The van der Waals surface area contributed by atoms with Crippen LogP contribution >= 0.6 is 7.82 Å². The summed E-state index contributed by atoms with van der Waals surface area (Å²) in [5, 5.41) is 50.2. The summed E-state index contributed by atoms with van der Waals surface area (Å²) in [6.45, 7) is 3.26. The smallest absolute Gasteiger partial charge is 0.462 e. The summed E-state index contributed by atoms with van der Waals surface area (Å²) in [5.74, 6) is -1.12. The van der Waals surface area contributed by atoms with E-state index in [-0.39, 0.29) is 12.8 Å². The van der Waals surface area contributed by atoms with Gasteiger partial charge in [-0.1, -0.05) is 153 Å². The summed E-state index contributed by atoms with van der Waals surface area (Å²) in [7, 11) is -5.12. The maximum absolute atomic E-state index is 12.8. The maximum atomic E-state index is 12.8. The first-order valence-electron chi connectivity index (χ1n) is 23.8. The Morgan fingerprint density at radius 3 is 1.34 bits per heavy atom. The highest BCUT2D eigenvalue weighted by Crippen LogP contribution is 2.47. The Bertz CT molecular complexity index is 1210. The third-order valence-corrected chi connectivity index (χ3v) is 12.0. The van der Waals surface area contributed by atoms with Crippen LogP contribution in [-0.4, -0.2) is 98.3 Å². The summed E-state index contributed by atoms with van der Waals surface area (Å²) in [6.07, 6.45) is 29.0.